The second kappa shape index (κ2) is 14.1. The Labute approximate surface area is 379 Å². The lowest BCUT2D eigenvalue weighted by Crippen LogP contribution is -1.99. The first-order valence-corrected chi connectivity index (χ1v) is 23.6. The highest BCUT2D eigenvalue weighted by Crippen LogP contribution is 2.57. The van der Waals surface area contributed by atoms with Crippen molar-refractivity contribution in [2.24, 2.45) is 0 Å². The molecule has 14 rings (SSSR count). The first-order chi connectivity index (χ1) is 31.8. The van der Waals surface area contributed by atoms with Gasteiger partial charge in [0.2, 0.25) is 0 Å². The van der Waals surface area contributed by atoms with E-state index in [1.165, 1.54) is 140 Å². The Kier molecular flexibility index (Phi) is 7.95. The van der Waals surface area contributed by atoms with Gasteiger partial charge in [0.15, 0.2) is 0 Å². The molecule has 0 unspecified atom stereocenters. The van der Waals surface area contributed by atoms with Crippen LogP contribution in [-0.2, 0) is 0 Å². The fraction of sp³-hybridized carbons (Fsp3) is 0. The van der Waals surface area contributed by atoms with Crippen molar-refractivity contribution in [3.8, 4) is 66.8 Å². The van der Waals surface area contributed by atoms with E-state index < -0.39 is 0 Å². The summed E-state index contributed by atoms with van der Waals surface area (Å²) in [5.74, 6) is 0. The molecule has 0 atom stereocenters. The monoisotopic (exact) mass is 844 g/mol. The van der Waals surface area contributed by atoms with Crippen LogP contribution >= 0.6 is 23.5 Å². The molecule has 2 heterocycles. The summed E-state index contributed by atoms with van der Waals surface area (Å²) in [7, 11) is 0. The Balaban J connectivity index is 0.903. The lowest BCUT2D eigenvalue weighted by molar-refractivity contribution is 1.34. The third-order valence-corrected chi connectivity index (χ3v) is 15.9. The number of rotatable bonds is 4. The molecule has 12 aromatic rings. The minimum absolute atomic E-state index is 1.25. The summed E-state index contributed by atoms with van der Waals surface area (Å²) in [4.78, 5) is 5.26. The van der Waals surface area contributed by atoms with Crippen molar-refractivity contribution in [2.45, 2.75) is 19.6 Å². The maximum Gasteiger partial charge on any atom is 0.0208 e. The summed E-state index contributed by atoms with van der Waals surface area (Å²) in [6, 6.07) is 81.4. The normalized spacial score (nSPS) is 12.6. The molecule has 0 radical (unpaired) electrons. The molecule has 2 heteroatoms. The van der Waals surface area contributed by atoms with E-state index in [1.54, 1.807) is 0 Å². The zero-order valence-corrected chi connectivity index (χ0v) is 36.2. The molecule has 0 N–H and O–H groups in total. The van der Waals surface area contributed by atoms with Crippen molar-refractivity contribution in [1.29, 1.82) is 0 Å². The Morgan fingerprint density at radius 2 is 0.484 bits per heavy atom. The van der Waals surface area contributed by atoms with Crippen LogP contribution in [0, 0.1) is 0 Å². The largest absolute Gasteiger partial charge is 0.0887 e. The highest BCUT2D eigenvalue weighted by molar-refractivity contribution is 8.00. The summed E-state index contributed by atoms with van der Waals surface area (Å²) < 4.78 is 0. The van der Waals surface area contributed by atoms with Gasteiger partial charge in [-0.15, -0.1) is 0 Å². The molecule has 0 bridgehead atoms. The summed E-state index contributed by atoms with van der Waals surface area (Å²) in [5, 5.41) is 13.0. The van der Waals surface area contributed by atoms with Gasteiger partial charge < -0.3 is 0 Å². The van der Waals surface area contributed by atoms with E-state index >= 15 is 0 Å². The van der Waals surface area contributed by atoms with Crippen molar-refractivity contribution in [1.82, 2.24) is 0 Å². The van der Waals surface area contributed by atoms with E-state index in [0.717, 1.165) is 0 Å². The quantitative estimate of drug-likeness (QED) is 0.162. The van der Waals surface area contributed by atoms with Crippen LogP contribution in [-0.4, -0.2) is 0 Å². The summed E-state index contributed by atoms with van der Waals surface area (Å²) >= 11 is 3.84. The minimum Gasteiger partial charge on any atom is -0.0887 e. The third-order valence-electron chi connectivity index (χ3n) is 13.6. The van der Waals surface area contributed by atoms with Crippen LogP contribution in [0.4, 0.5) is 0 Å². The van der Waals surface area contributed by atoms with Crippen LogP contribution in [0.25, 0.3) is 121 Å². The molecular weight excluding hydrogens is 809 g/mol. The van der Waals surface area contributed by atoms with Crippen molar-refractivity contribution < 1.29 is 0 Å². The fourth-order valence-electron chi connectivity index (χ4n) is 11.0. The molecule has 0 amide bonds. The van der Waals surface area contributed by atoms with Gasteiger partial charge in [-0.2, -0.15) is 0 Å². The molecule has 0 saturated carbocycles. The van der Waals surface area contributed by atoms with E-state index in [9.17, 15) is 0 Å². The molecule has 0 fully saturated rings. The van der Waals surface area contributed by atoms with Crippen molar-refractivity contribution >= 4 is 77.4 Å². The van der Waals surface area contributed by atoms with Crippen LogP contribution in [0.3, 0.4) is 0 Å². The standard InChI is InChI=1S/C62H36S2/c1-3-15-37(16-4-1)57-43-19-7-11-23-47(43)59(48-24-12-8-20-44(48)57)39-27-29-41-51-31-32-52-42-30-28-40(36-56(42)64-54-34-33-53(61(51)62(52)54)63-55(41)35-39)60-49-25-13-9-21-45(49)58(38-17-5-2-6-18-38)46-22-10-14-26-50(46)60/h1-36H. The van der Waals surface area contributed by atoms with Crippen LogP contribution in [0.2, 0.25) is 0 Å². The summed E-state index contributed by atoms with van der Waals surface area (Å²) in [5.41, 5.74) is 15.4. The van der Waals surface area contributed by atoms with Crippen molar-refractivity contribution in [3.05, 3.63) is 218 Å². The Hall–Kier alpha value is -7.36. The van der Waals surface area contributed by atoms with E-state index in [-0.39, 0.29) is 0 Å². The molecule has 0 aromatic heterocycles. The van der Waals surface area contributed by atoms with Crippen LogP contribution in [0.5, 0.6) is 0 Å². The summed E-state index contributed by atoms with van der Waals surface area (Å²) in [6.45, 7) is 0. The van der Waals surface area contributed by atoms with Crippen LogP contribution < -0.4 is 0 Å². The van der Waals surface area contributed by atoms with Gasteiger partial charge in [0.25, 0.3) is 0 Å². The molecule has 0 spiro atoms. The predicted molar refractivity (Wildman–Crippen MR) is 275 cm³/mol. The van der Waals surface area contributed by atoms with E-state index in [2.05, 4.69) is 218 Å². The molecule has 296 valence electrons. The number of hydrogen-bond acceptors (Lipinski definition) is 2. The average Bonchev–Trinajstić information content (AvgIpc) is 3.36. The fourth-order valence-corrected chi connectivity index (χ4v) is 13.3. The number of fused-ring (bicyclic) bond motifs is 8. The van der Waals surface area contributed by atoms with Crippen molar-refractivity contribution in [2.75, 3.05) is 0 Å². The summed E-state index contributed by atoms with van der Waals surface area (Å²) in [6.07, 6.45) is 0. The lowest BCUT2D eigenvalue weighted by Gasteiger charge is -2.27. The van der Waals surface area contributed by atoms with Gasteiger partial charge in [0.1, 0.15) is 0 Å². The van der Waals surface area contributed by atoms with Gasteiger partial charge in [-0.1, -0.05) is 218 Å². The van der Waals surface area contributed by atoms with Crippen molar-refractivity contribution in [3.63, 3.8) is 0 Å². The minimum atomic E-state index is 1.25. The van der Waals surface area contributed by atoms with E-state index in [1.807, 2.05) is 23.5 Å². The smallest absolute Gasteiger partial charge is 0.0208 e. The molecule has 64 heavy (non-hydrogen) atoms. The van der Waals surface area contributed by atoms with Gasteiger partial charge in [0, 0.05) is 30.4 Å². The molecule has 0 nitrogen and oxygen atoms in total. The molecule has 0 aliphatic carbocycles. The predicted octanol–water partition coefficient (Wildman–Crippen LogP) is 18.4. The average molecular weight is 845 g/mol. The van der Waals surface area contributed by atoms with Gasteiger partial charge in [-0.05, 0) is 134 Å². The molecule has 0 saturated heterocycles. The van der Waals surface area contributed by atoms with Crippen LogP contribution in [0.1, 0.15) is 0 Å². The molecule has 2 aliphatic rings. The Morgan fingerprint density at radius 3 is 0.812 bits per heavy atom. The first-order valence-electron chi connectivity index (χ1n) is 22.0. The lowest BCUT2D eigenvalue weighted by atomic mass is 9.85. The SMILES string of the molecule is c1ccc(-c2c3ccccc3c(-c3ccc4c(c3)Sc3ccc5c6c(ccc-4c36)-c3ccc(-c4c6ccccc6c(-c6ccccc6)c6ccccc46)cc3S5)c3ccccc23)cc1. The zero-order valence-electron chi connectivity index (χ0n) is 34.6. The molecular formula is C62H36S2. The number of benzene rings is 12. The highest BCUT2D eigenvalue weighted by atomic mass is 32.2. The van der Waals surface area contributed by atoms with E-state index in [4.69, 9.17) is 0 Å². The van der Waals surface area contributed by atoms with Gasteiger partial charge in [0.05, 0.1) is 0 Å². The van der Waals surface area contributed by atoms with Gasteiger partial charge >= 0.3 is 0 Å². The maximum absolute atomic E-state index is 2.45. The Bertz CT molecular complexity index is 3570. The first kappa shape index (κ1) is 36.2. The van der Waals surface area contributed by atoms with E-state index in [0.29, 0.717) is 0 Å². The van der Waals surface area contributed by atoms with Crippen LogP contribution in [0.15, 0.2) is 238 Å². The maximum atomic E-state index is 2.45. The second-order valence-electron chi connectivity index (χ2n) is 17.0. The zero-order chi connectivity index (χ0) is 41.9. The third kappa shape index (κ3) is 5.27. The topological polar surface area (TPSA) is 0 Å². The highest BCUT2D eigenvalue weighted by Gasteiger charge is 2.28. The molecule has 2 aliphatic heterocycles. The Morgan fingerprint density at radius 1 is 0.203 bits per heavy atom. The number of hydrogen-bond donors (Lipinski definition) is 0. The van der Waals surface area contributed by atoms with Gasteiger partial charge in [-0.3, -0.25) is 0 Å². The van der Waals surface area contributed by atoms with Gasteiger partial charge in [-0.25, -0.2) is 0 Å². The second-order valence-corrected chi connectivity index (χ2v) is 19.2. The molecule has 12 aromatic carbocycles.